The van der Waals surface area contributed by atoms with Crippen molar-refractivity contribution in [1.82, 2.24) is 0 Å². The molecule has 3 heteroatoms. The van der Waals surface area contributed by atoms with Gasteiger partial charge in [-0.05, 0) is 36.0 Å². The van der Waals surface area contributed by atoms with Crippen molar-refractivity contribution in [2.24, 2.45) is 0 Å². The van der Waals surface area contributed by atoms with Crippen LogP contribution in [0.4, 0.5) is 0 Å². The lowest BCUT2D eigenvalue weighted by Gasteiger charge is -2.25. The predicted molar refractivity (Wildman–Crippen MR) is 90.0 cm³/mol. The molecule has 110 valence electrons. The fourth-order valence-corrected chi connectivity index (χ4v) is 4.98. The van der Waals surface area contributed by atoms with Crippen LogP contribution >= 0.6 is 0 Å². The number of hydrogen-bond donors (Lipinski definition) is 0. The molecule has 21 heavy (non-hydrogen) atoms. The van der Waals surface area contributed by atoms with E-state index < -0.39 is 8.07 Å². The molecule has 1 aliphatic carbocycles. The van der Waals surface area contributed by atoms with E-state index in [1.54, 1.807) is 0 Å². The van der Waals surface area contributed by atoms with Crippen molar-refractivity contribution in [3.63, 3.8) is 0 Å². The Hall–Kier alpha value is -1.61. The molecule has 0 amide bonds. The summed E-state index contributed by atoms with van der Waals surface area (Å²) in [6.45, 7) is 6.67. The maximum atomic E-state index is 12.6. The van der Waals surface area contributed by atoms with Crippen molar-refractivity contribution in [3.8, 4) is 11.1 Å². The summed E-state index contributed by atoms with van der Waals surface area (Å²) < 4.78 is 5.70. The van der Waals surface area contributed by atoms with Crippen LogP contribution in [0.1, 0.15) is 24.2 Å². The van der Waals surface area contributed by atoms with Gasteiger partial charge in [0.15, 0.2) is 0 Å². The van der Waals surface area contributed by atoms with Gasteiger partial charge in [-0.2, -0.15) is 0 Å². The largest absolute Gasteiger partial charge is 0.428 e. The van der Waals surface area contributed by atoms with Crippen LogP contribution in [-0.4, -0.2) is 8.07 Å². The van der Waals surface area contributed by atoms with Crippen molar-refractivity contribution < 1.29 is 4.42 Å². The van der Waals surface area contributed by atoms with Gasteiger partial charge in [0.05, 0.1) is 8.07 Å². The van der Waals surface area contributed by atoms with Crippen LogP contribution in [-0.2, 0) is 12.8 Å². The highest BCUT2D eigenvalue weighted by Gasteiger charge is 2.30. The van der Waals surface area contributed by atoms with Crippen LogP contribution in [0.25, 0.3) is 11.1 Å². The summed E-state index contributed by atoms with van der Waals surface area (Å²) in [4.78, 5) is 12.6. The van der Waals surface area contributed by atoms with Crippen LogP contribution in [0.3, 0.4) is 0 Å². The molecule has 0 saturated carbocycles. The van der Waals surface area contributed by atoms with Crippen LogP contribution < -0.4 is 10.8 Å². The average Bonchev–Trinajstić information content (AvgIpc) is 2.45. The smallest absolute Gasteiger partial charge is 0.335 e. The molecule has 1 aromatic heterocycles. The summed E-state index contributed by atoms with van der Waals surface area (Å²) in [6, 6.07) is 10.4. The number of fused-ring (bicyclic) bond motifs is 1. The molecule has 1 heterocycles. The molecule has 1 aliphatic rings. The number of hydrogen-bond acceptors (Lipinski definition) is 2. The molecule has 0 spiro atoms. The summed E-state index contributed by atoms with van der Waals surface area (Å²) in [5.41, 5.74) is 3.53. The Morgan fingerprint density at radius 3 is 2.33 bits per heavy atom. The van der Waals surface area contributed by atoms with Crippen LogP contribution in [0.15, 0.2) is 39.5 Å². The SMILES string of the molecule is C[Si](C)(C)c1c(-c2ccccc2)c2c(oc1=O)CCCC2. The van der Waals surface area contributed by atoms with Crippen molar-refractivity contribution in [3.05, 3.63) is 52.1 Å². The third-order valence-corrected chi connectivity index (χ3v) is 6.16. The lowest BCUT2D eigenvalue weighted by molar-refractivity contribution is 0.432. The van der Waals surface area contributed by atoms with E-state index in [1.165, 1.54) is 23.1 Å². The first kappa shape index (κ1) is 14.3. The molecule has 0 saturated heterocycles. The highest BCUT2D eigenvalue weighted by atomic mass is 28.3. The first-order chi connectivity index (χ1) is 9.98. The molecule has 0 aliphatic heterocycles. The van der Waals surface area contributed by atoms with E-state index in [1.807, 2.05) is 18.2 Å². The third-order valence-electron chi connectivity index (χ3n) is 4.20. The minimum absolute atomic E-state index is 0.103. The van der Waals surface area contributed by atoms with Crippen molar-refractivity contribution in [2.45, 2.75) is 45.3 Å². The van der Waals surface area contributed by atoms with Crippen molar-refractivity contribution in [2.75, 3.05) is 0 Å². The normalized spacial score (nSPS) is 14.8. The molecule has 3 rings (SSSR count). The molecule has 0 unspecified atom stereocenters. The summed E-state index contributed by atoms with van der Waals surface area (Å²) in [7, 11) is -1.77. The van der Waals surface area contributed by atoms with E-state index >= 15 is 0 Å². The maximum Gasteiger partial charge on any atom is 0.335 e. The summed E-state index contributed by atoms with van der Waals surface area (Å²) in [5.74, 6) is 0.923. The first-order valence-corrected chi connectivity index (χ1v) is 11.2. The predicted octanol–water partition coefficient (Wildman–Crippen LogP) is 3.73. The molecule has 0 bridgehead atoms. The highest BCUT2D eigenvalue weighted by Crippen LogP contribution is 2.30. The average molecular weight is 298 g/mol. The quantitative estimate of drug-likeness (QED) is 0.791. The maximum absolute atomic E-state index is 12.6. The minimum Gasteiger partial charge on any atom is -0.428 e. The van der Waals surface area contributed by atoms with Gasteiger partial charge in [0.1, 0.15) is 5.76 Å². The van der Waals surface area contributed by atoms with Gasteiger partial charge >= 0.3 is 5.63 Å². The van der Waals surface area contributed by atoms with Crippen LogP contribution in [0.2, 0.25) is 19.6 Å². The lowest BCUT2D eigenvalue weighted by Crippen LogP contribution is -2.49. The highest BCUT2D eigenvalue weighted by molar-refractivity contribution is 6.89. The van der Waals surface area contributed by atoms with Gasteiger partial charge in [0.25, 0.3) is 0 Å². The third kappa shape index (κ3) is 2.62. The van der Waals surface area contributed by atoms with Crippen molar-refractivity contribution >= 4 is 13.3 Å². The van der Waals surface area contributed by atoms with Gasteiger partial charge in [-0.15, -0.1) is 0 Å². The van der Waals surface area contributed by atoms with E-state index in [0.717, 1.165) is 30.2 Å². The number of benzene rings is 1. The molecule has 0 fully saturated rings. The first-order valence-electron chi connectivity index (χ1n) is 7.73. The van der Waals surface area contributed by atoms with E-state index in [4.69, 9.17) is 4.42 Å². The molecular formula is C18H22O2Si. The standard InChI is InChI=1S/C18H22O2Si/c1-21(2,3)17-16(13-9-5-4-6-10-13)14-11-7-8-12-15(14)20-18(17)19/h4-6,9-10H,7-8,11-12H2,1-3H3. The zero-order valence-corrected chi connectivity index (χ0v) is 14.0. The number of aryl methyl sites for hydroxylation is 1. The second-order valence-corrected chi connectivity index (χ2v) is 11.9. The Kier molecular flexibility index (Phi) is 3.62. The molecule has 1 aromatic carbocycles. The van der Waals surface area contributed by atoms with Gasteiger partial charge in [0.2, 0.25) is 0 Å². The summed E-state index contributed by atoms with van der Waals surface area (Å²) in [6.07, 6.45) is 4.24. The van der Waals surface area contributed by atoms with E-state index in [-0.39, 0.29) is 5.63 Å². The van der Waals surface area contributed by atoms with Gasteiger partial charge < -0.3 is 4.42 Å². The Balaban J connectivity index is 2.38. The molecule has 0 N–H and O–H groups in total. The number of rotatable bonds is 2. The molecule has 0 radical (unpaired) electrons. The summed E-state index contributed by atoms with van der Waals surface area (Å²) in [5, 5.41) is 0.953. The molecule has 2 aromatic rings. The Bertz CT molecular complexity index is 708. The van der Waals surface area contributed by atoms with Crippen molar-refractivity contribution in [1.29, 1.82) is 0 Å². The molecule has 2 nitrogen and oxygen atoms in total. The van der Waals surface area contributed by atoms with Crippen LogP contribution in [0, 0.1) is 0 Å². The fraction of sp³-hybridized carbons (Fsp3) is 0.389. The van der Waals surface area contributed by atoms with Gasteiger partial charge in [-0.25, -0.2) is 4.79 Å². The second kappa shape index (κ2) is 5.30. The Morgan fingerprint density at radius 2 is 1.67 bits per heavy atom. The summed E-state index contributed by atoms with van der Waals surface area (Å²) >= 11 is 0. The fourth-order valence-electron chi connectivity index (χ4n) is 3.28. The Morgan fingerprint density at radius 1 is 1.00 bits per heavy atom. The Labute approximate surface area is 126 Å². The lowest BCUT2D eigenvalue weighted by atomic mass is 9.90. The van der Waals surface area contributed by atoms with E-state index in [0.29, 0.717) is 0 Å². The van der Waals surface area contributed by atoms with Gasteiger partial charge in [0, 0.05) is 11.6 Å². The van der Waals surface area contributed by atoms with E-state index in [2.05, 4.69) is 31.8 Å². The van der Waals surface area contributed by atoms with Crippen LogP contribution in [0.5, 0.6) is 0 Å². The minimum atomic E-state index is -1.77. The molecule has 0 atom stereocenters. The monoisotopic (exact) mass is 298 g/mol. The molecular weight excluding hydrogens is 276 g/mol. The van der Waals surface area contributed by atoms with E-state index in [9.17, 15) is 4.79 Å². The topological polar surface area (TPSA) is 30.2 Å². The van der Waals surface area contributed by atoms with Gasteiger partial charge in [-0.3, -0.25) is 0 Å². The van der Waals surface area contributed by atoms with Gasteiger partial charge in [-0.1, -0.05) is 50.0 Å². The zero-order chi connectivity index (χ0) is 15.0. The zero-order valence-electron chi connectivity index (χ0n) is 13.0. The second-order valence-electron chi connectivity index (χ2n) is 6.86.